The van der Waals surface area contributed by atoms with Crippen molar-refractivity contribution >= 4 is 10.9 Å². The van der Waals surface area contributed by atoms with Crippen LogP contribution in [-0.4, -0.2) is 17.6 Å². The predicted octanol–water partition coefficient (Wildman–Crippen LogP) is 2.83. The van der Waals surface area contributed by atoms with E-state index in [2.05, 4.69) is 17.1 Å². The summed E-state index contributed by atoms with van der Waals surface area (Å²) < 4.78 is 5.80. The molecule has 2 aromatic rings. The molecule has 0 aliphatic carbocycles. The molecule has 0 amide bonds. The normalized spacial score (nSPS) is 11.2. The second kappa shape index (κ2) is 5.36. The number of ether oxygens (including phenoxy) is 1. The third-order valence-corrected chi connectivity index (χ3v) is 2.88. The molecular weight excluding hydrogens is 224 g/mol. The third kappa shape index (κ3) is 2.62. The molecule has 0 radical (unpaired) electrons. The number of benzene rings is 1. The maximum atomic E-state index is 5.80. The van der Waals surface area contributed by atoms with Crippen molar-refractivity contribution in [2.24, 2.45) is 5.73 Å². The van der Waals surface area contributed by atoms with E-state index in [9.17, 15) is 0 Å². The summed E-state index contributed by atoms with van der Waals surface area (Å²) in [6.07, 6.45) is 1.02. The molecular formula is C15H20N2O. The number of aryl methyl sites for hydroxylation is 1. The second-order valence-corrected chi connectivity index (χ2v) is 4.77. The number of nitrogens with zero attached hydrogens (tertiary/aromatic N) is 1. The fourth-order valence-corrected chi connectivity index (χ4v) is 2.06. The van der Waals surface area contributed by atoms with Crippen LogP contribution in [0, 0.1) is 6.92 Å². The van der Waals surface area contributed by atoms with Crippen molar-refractivity contribution in [2.45, 2.75) is 33.3 Å². The molecule has 0 unspecified atom stereocenters. The van der Waals surface area contributed by atoms with Gasteiger partial charge in [0.05, 0.1) is 6.10 Å². The zero-order chi connectivity index (χ0) is 13.1. The summed E-state index contributed by atoms with van der Waals surface area (Å²) in [5.74, 6) is 0.852. The van der Waals surface area contributed by atoms with Gasteiger partial charge in [0.2, 0.25) is 0 Å². The number of hydrogen-bond acceptors (Lipinski definition) is 3. The van der Waals surface area contributed by atoms with Gasteiger partial charge in [0, 0.05) is 11.1 Å². The highest BCUT2D eigenvalue weighted by molar-refractivity contribution is 5.85. The first kappa shape index (κ1) is 12.8. The Hall–Kier alpha value is -1.61. The second-order valence-electron chi connectivity index (χ2n) is 4.77. The fraction of sp³-hybridized carbons (Fsp3) is 0.400. The Labute approximate surface area is 108 Å². The first-order valence-electron chi connectivity index (χ1n) is 6.37. The maximum Gasteiger partial charge on any atom is 0.145 e. The predicted molar refractivity (Wildman–Crippen MR) is 75.0 cm³/mol. The van der Waals surface area contributed by atoms with Crippen LogP contribution in [0.15, 0.2) is 24.3 Å². The fourth-order valence-electron chi connectivity index (χ4n) is 2.06. The van der Waals surface area contributed by atoms with Gasteiger partial charge >= 0.3 is 0 Å². The minimum atomic E-state index is 0.154. The average molecular weight is 244 g/mol. The molecule has 0 aliphatic rings. The lowest BCUT2D eigenvalue weighted by molar-refractivity contribution is 0.245. The quantitative estimate of drug-likeness (QED) is 0.899. The van der Waals surface area contributed by atoms with Gasteiger partial charge in [-0.3, -0.25) is 0 Å². The molecule has 0 atom stereocenters. The Morgan fingerprint density at radius 2 is 2.11 bits per heavy atom. The van der Waals surface area contributed by atoms with Crippen LogP contribution < -0.4 is 10.5 Å². The Balaban J connectivity index is 2.53. The van der Waals surface area contributed by atoms with Crippen molar-refractivity contribution in [3.63, 3.8) is 0 Å². The molecule has 0 fully saturated rings. The van der Waals surface area contributed by atoms with Gasteiger partial charge in [-0.1, -0.05) is 12.1 Å². The lowest BCUT2D eigenvalue weighted by Crippen LogP contribution is -2.08. The van der Waals surface area contributed by atoms with E-state index in [4.69, 9.17) is 10.5 Å². The number of hydrogen-bond donors (Lipinski definition) is 1. The first-order valence-corrected chi connectivity index (χ1v) is 6.37. The van der Waals surface area contributed by atoms with Crippen molar-refractivity contribution in [3.8, 4) is 5.75 Å². The van der Waals surface area contributed by atoms with Crippen LogP contribution in [-0.2, 0) is 6.42 Å². The molecule has 1 heterocycles. The van der Waals surface area contributed by atoms with E-state index >= 15 is 0 Å². The minimum absolute atomic E-state index is 0.154. The molecule has 1 aromatic carbocycles. The van der Waals surface area contributed by atoms with Crippen LogP contribution >= 0.6 is 0 Å². The van der Waals surface area contributed by atoms with E-state index in [1.54, 1.807) is 0 Å². The Kier molecular flexibility index (Phi) is 3.82. The monoisotopic (exact) mass is 244 g/mol. The van der Waals surface area contributed by atoms with Crippen LogP contribution in [0.2, 0.25) is 0 Å². The zero-order valence-electron chi connectivity index (χ0n) is 11.2. The van der Waals surface area contributed by atoms with Crippen molar-refractivity contribution < 1.29 is 4.74 Å². The highest BCUT2D eigenvalue weighted by Gasteiger charge is 2.08. The van der Waals surface area contributed by atoms with Crippen molar-refractivity contribution in [1.82, 2.24) is 4.98 Å². The van der Waals surface area contributed by atoms with E-state index in [-0.39, 0.29) is 6.10 Å². The summed E-state index contributed by atoms with van der Waals surface area (Å²) >= 11 is 0. The van der Waals surface area contributed by atoms with Gasteiger partial charge in [-0.15, -0.1) is 0 Å². The summed E-state index contributed by atoms with van der Waals surface area (Å²) in [5, 5.41) is 1.11. The molecule has 0 aliphatic heterocycles. The van der Waals surface area contributed by atoms with Gasteiger partial charge in [-0.2, -0.15) is 0 Å². The summed E-state index contributed by atoms with van der Waals surface area (Å²) in [5.41, 5.74) is 8.80. The summed E-state index contributed by atoms with van der Waals surface area (Å²) in [6, 6.07) is 8.20. The molecule has 0 spiro atoms. The SMILES string of the molecule is Cc1nc2c(OC(C)C)cccc2cc1CCN. The van der Waals surface area contributed by atoms with Crippen LogP contribution in [0.25, 0.3) is 10.9 Å². The molecule has 0 saturated heterocycles. The summed E-state index contributed by atoms with van der Waals surface area (Å²) in [7, 11) is 0. The maximum absolute atomic E-state index is 5.80. The molecule has 0 bridgehead atoms. The van der Waals surface area contributed by atoms with E-state index in [0.29, 0.717) is 6.54 Å². The molecule has 1 aromatic heterocycles. The average Bonchev–Trinajstić information content (AvgIpc) is 2.31. The number of para-hydroxylation sites is 1. The van der Waals surface area contributed by atoms with Gasteiger partial charge in [-0.05, 0) is 51.4 Å². The zero-order valence-corrected chi connectivity index (χ0v) is 11.2. The Bertz CT molecular complexity index is 549. The molecule has 18 heavy (non-hydrogen) atoms. The van der Waals surface area contributed by atoms with E-state index in [0.717, 1.165) is 28.8 Å². The van der Waals surface area contributed by atoms with Gasteiger partial charge in [0.25, 0.3) is 0 Å². The number of aromatic nitrogens is 1. The molecule has 3 heteroatoms. The Morgan fingerprint density at radius 1 is 1.33 bits per heavy atom. The standard InChI is InChI=1S/C15H20N2O/c1-10(2)18-14-6-4-5-13-9-12(7-8-16)11(3)17-15(13)14/h4-6,9-10H,7-8,16H2,1-3H3. The third-order valence-electron chi connectivity index (χ3n) is 2.88. The number of fused-ring (bicyclic) bond motifs is 1. The van der Waals surface area contributed by atoms with Gasteiger partial charge in [0.15, 0.2) is 0 Å². The topological polar surface area (TPSA) is 48.1 Å². The van der Waals surface area contributed by atoms with Crippen LogP contribution in [0.5, 0.6) is 5.75 Å². The van der Waals surface area contributed by atoms with E-state index < -0.39 is 0 Å². The highest BCUT2D eigenvalue weighted by Crippen LogP contribution is 2.26. The number of pyridine rings is 1. The van der Waals surface area contributed by atoms with E-state index in [1.807, 2.05) is 32.9 Å². The van der Waals surface area contributed by atoms with Crippen LogP contribution in [0.1, 0.15) is 25.1 Å². The van der Waals surface area contributed by atoms with Gasteiger partial charge in [-0.25, -0.2) is 4.98 Å². The van der Waals surface area contributed by atoms with Crippen molar-refractivity contribution in [3.05, 3.63) is 35.5 Å². The van der Waals surface area contributed by atoms with Crippen LogP contribution in [0.3, 0.4) is 0 Å². The molecule has 0 saturated carbocycles. The number of rotatable bonds is 4. The summed E-state index contributed by atoms with van der Waals surface area (Å²) in [4.78, 5) is 4.67. The lowest BCUT2D eigenvalue weighted by Gasteiger charge is -2.13. The minimum Gasteiger partial charge on any atom is -0.489 e. The molecule has 2 N–H and O–H groups in total. The smallest absolute Gasteiger partial charge is 0.145 e. The first-order chi connectivity index (χ1) is 8.61. The van der Waals surface area contributed by atoms with Crippen LogP contribution in [0.4, 0.5) is 0 Å². The molecule has 3 nitrogen and oxygen atoms in total. The van der Waals surface area contributed by atoms with Crippen molar-refractivity contribution in [2.75, 3.05) is 6.54 Å². The van der Waals surface area contributed by atoms with E-state index in [1.165, 1.54) is 5.56 Å². The number of nitrogens with two attached hydrogens (primary N) is 1. The van der Waals surface area contributed by atoms with Gasteiger partial charge in [0.1, 0.15) is 11.3 Å². The summed E-state index contributed by atoms with van der Waals surface area (Å²) in [6.45, 7) is 6.72. The highest BCUT2D eigenvalue weighted by atomic mass is 16.5. The molecule has 96 valence electrons. The largest absolute Gasteiger partial charge is 0.489 e. The molecule has 2 rings (SSSR count). The Morgan fingerprint density at radius 3 is 2.78 bits per heavy atom. The lowest BCUT2D eigenvalue weighted by atomic mass is 10.1. The van der Waals surface area contributed by atoms with Crippen molar-refractivity contribution in [1.29, 1.82) is 0 Å². The van der Waals surface area contributed by atoms with Gasteiger partial charge < -0.3 is 10.5 Å².